The van der Waals surface area contributed by atoms with Crippen LogP contribution < -0.4 is 5.32 Å². The maximum absolute atomic E-state index is 10.9. The van der Waals surface area contributed by atoms with Gasteiger partial charge in [-0.15, -0.1) is 0 Å². The molecule has 0 bridgehead atoms. The molecule has 0 aliphatic carbocycles. The maximum Gasteiger partial charge on any atom is 0.381 e. The van der Waals surface area contributed by atoms with E-state index in [2.05, 4.69) is 34.6 Å². The Morgan fingerprint density at radius 1 is 0.966 bits per heavy atom. The van der Waals surface area contributed by atoms with Crippen LogP contribution in [0.3, 0.4) is 0 Å². The highest BCUT2D eigenvalue weighted by Gasteiger charge is 2.15. The normalized spacial score (nSPS) is 10.7. The summed E-state index contributed by atoms with van der Waals surface area (Å²) < 4.78 is 1.79. The first-order valence-electron chi connectivity index (χ1n) is 9.29. The molecule has 0 aliphatic rings. The van der Waals surface area contributed by atoms with E-state index in [4.69, 9.17) is 0 Å². The highest BCUT2D eigenvalue weighted by Crippen LogP contribution is 2.30. The van der Waals surface area contributed by atoms with Gasteiger partial charge in [-0.1, -0.05) is 60.7 Å². The summed E-state index contributed by atoms with van der Waals surface area (Å²) in [6, 6.07) is 26.5. The number of anilines is 2. The molecule has 3 aromatic carbocycles. The van der Waals surface area contributed by atoms with Gasteiger partial charge in [-0.3, -0.25) is 0 Å². The fourth-order valence-electron chi connectivity index (χ4n) is 3.25. The van der Waals surface area contributed by atoms with Crippen molar-refractivity contribution in [3.63, 3.8) is 0 Å². The smallest absolute Gasteiger partial charge is 0.358 e. The van der Waals surface area contributed by atoms with Crippen LogP contribution in [0.5, 0.6) is 0 Å². The van der Waals surface area contributed by atoms with Gasteiger partial charge in [-0.2, -0.15) is 0 Å². The standard InChI is InChI=1S/C23H20N4O2/c1-17-24-23(27(28)29)16-26(17)15-18-11-13-19(14-12-18)21-9-5-6-10-22(21)25-20-7-3-2-4-8-20/h2-14,16,25H,15H2,1H3. The van der Waals surface area contributed by atoms with Crippen molar-refractivity contribution in [2.24, 2.45) is 0 Å². The number of nitrogens with one attached hydrogen (secondary N) is 1. The van der Waals surface area contributed by atoms with Gasteiger partial charge in [0.1, 0.15) is 6.20 Å². The van der Waals surface area contributed by atoms with Crippen LogP contribution in [0, 0.1) is 17.0 Å². The summed E-state index contributed by atoms with van der Waals surface area (Å²) in [6.07, 6.45) is 1.47. The molecule has 0 saturated carbocycles. The van der Waals surface area contributed by atoms with Crippen molar-refractivity contribution < 1.29 is 4.92 Å². The molecular formula is C23H20N4O2. The SMILES string of the molecule is Cc1nc([N+](=O)[O-])cn1Cc1ccc(-c2ccccc2Nc2ccccc2)cc1. The van der Waals surface area contributed by atoms with Crippen molar-refractivity contribution in [2.75, 3.05) is 5.32 Å². The van der Waals surface area contributed by atoms with E-state index >= 15 is 0 Å². The van der Waals surface area contributed by atoms with Crippen molar-refractivity contribution in [3.05, 3.63) is 107 Å². The van der Waals surface area contributed by atoms with Gasteiger partial charge < -0.3 is 20.0 Å². The van der Waals surface area contributed by atoms with Crippen LogP contribution in [0.25, 0.3) is 11.1 Å². The van der Waals surface area contributed by atoms with Crippen LogP contribution in [-0.4, -0.2) is 14.5 Å². The first kappa shape index (κ1) is 18.4. The topological polar surface area (TPSA) is 73.0 Å². The highest BCUT2D eigenvalue weighted by atomic mass is 16.6. The van der Waals surface area contributed by atoms with Crippen molar-refractivity contribution >= 4 is 17.2 Å². The number of aromatic nitrogens is 2. The van der Waals surface area contributed by atoms with Crippen molar-refractivity contribution in [3.8, 4) is 11.1 Å². The number of rotatable bonds is 6. The zero-order valence-corrected chi connectivity index (χ0v) is 15.9. The lowest BCUT2D eigenvalue weighted by Gasteiger charge is -2.13. The van der Waals surface area contributed by atoms with Crippen molar-refractivity contribution in [1.82, 2.24) is 9.55 Å². The lowest BCUT2D eigenvalue weighted by molar-refractivity contribution is -0.389. The highest BCUT2D eigenvalue weighted by molar-refractivity contribution is 5.81. The molecule has 4 aromatic rings. The fraction of sp³-hybridized carbons (Fsp3) is 0.0870. The largest absolute Gasteiger partial charge is 0.381 e. The summed E-state index contributed by atoms with van der Waals surface area (Å²) in [5.41, 5.74) is 5.33. The lowest BCUT2D eigenvalue weighted by atomic mass is 10.0. The molecule has 0 unspecified atom stereocenters. The maximum atomic E-state index is 10.9. The minimum Gasteiger partial charge on any atom is -0.358 e. The molecule has 6 nitrogen and oxygen atoms in total. The molecule has 0 aliphatic heterocycles. The summed E-state index contributed by atoms with van der Waals surface area (Å²) in [4.78, 5) is 14.4. The van der Waals surface area contributed by atoms with Crippen molar-refractivity contribution in [1.29, 1.82) is 0 Å². The molecule has 4 rings (SSSR count). The molecular weight excluding hydrogens is 364 g/mol. The van der Waals surface area contributed by atoms with Crippen LogP contribution in [-0.2, 0) is 6.54 Å². The number of para-hydroxylation sites is 2. The zero-order valence-electron chi connectivity index (χ0n) is 15.9. The van der Waals surface area contributed by atoms with E-state index < -0.39 is 4.92 Å². The summed E-state index contributed by atoms with van der Waals surface area (Å²) in [6.45, 7) is 2.31. The van der Waals surface area contributed by atoms with Gasteiger partial charge in [-0.25, -0.2) is 0 Å². The number of benzene rings is 3. The molecule has 0 fully saturated rings. The Labute approximate surface area is 168 Å². The fourth-order valence-corrected chi connectivity index (χ4v) is 3.25. The van der Waals surface area contributed by atoms with E-state index in [1.807, 2.05) is 54.6 Å². The average Bonchev–Trinajstić information content (AvgIpc) is 3.11. The zero-order chi connectivity index (χ0) is 20.2. The number of hydrogen-bond acceptors (Lipinski definition) is 4. The third-order valence-corrected chi connectivity index (χ3v) is 4.75. The summed E-state index contributed by atoms with van der Waals surface area (Å²) in [5.74, 6) is 0.498. The van der Waals surface area contributed by atoms with Crippen LogP contribution >= 0.6 is 0 Å². The van der Waals surface area contributed by atoms with Crippen LogP contribution in [0.4, 0.5) is 17.2 Å². The van der Waals surface area contributed by atoms with Crippen LogP contribution in [0.2, 0.25) is 0 Å². The molecule has 0 saturated heterocycles. The van der Waals surface area contributed by atoms with Gasteiger partial charge in [0.25, 0.3) is 0 Å². The molecule has 1 aromatic heterocycles. The number of aryl methyl sites for hydroxylation is 1. The number of imidazole rings is 1. The second-order valence-electron chi connectivity index (χ2n) is 6.76. The second kappa shape index (κ2) is 7.98. The molecule has 1 N–H and O–H groups in total. The predicted octanol–water partition coefficient (Wildman–Crippen LogP) is 5.56. The molecule has 0 radical (unpaired) electrons. The predicted molar refractivity (Wildman–Crippen MR) is 114 cm³/mol. The van der Waals surface area contributed by atoms with E-state index in [1.54, 1.807) is 11.5 Å². The molecule has 29 heavy (non-hydrogen) atoms. The summed E-state index contributed by atoms with van der Waals surface area (Å²) >= 11 is 0. The Morgan fingerprint density at radius 2 is 1.66 bits per heavy atom. The van der Waals surface area contributed by atoms with Gasteiger partial charge in [0.2, 0.25) is 5.82 Å². The lowest BCUT2D eigenvalue weighted by Crippen LogP contribution is -2.00. The number of hydrogen-bond donors (Lipinski definition) is 1. The molecule has 6 heteroatoms. The van der Waals surface area contributed by atoms with Gasteiger partial charge in [0.05, 0.1) is 6.54 Å². The number of nitrogens with zero attached hydrogens (tertiary/aromatic N) is 3. The molecule has 0 amide bonds. The van der Waals surface area contributed by atoms with Gasteiger partial charge in [0.15, 0.2) is 0 Å². The first-order valence-corrected chi connectivity index (χ1v) is 9.29. The summed E-state index contributed by atoms with van der Waals surface area (Å²) in [5, 5.41) is 14.4. The van der Waals surface area contributed by atoms with Crippen LogP contribution in [0.15, 0.2) is 85.1 Å². The van der Waals surface area contributed by atoms with E-state index in [-0.39, 0.29) is 5.82 Å². The second-order valence-corrected chi connectivity index (χ2v) is 6.76. The molecule has 144 valence electrons. The van der Waals surface area contributed by atoms with E-state index in [0.29, 0.717) is 12.4 Å². The number of nitro groups is 1. The Hall–Kier alpha value is -3.93. The van der Waals surface area contributed by atoms with Gasteiger partial charge in [-0.05, 0) is 39.2 Å². The monoisotopic (exact) mass is 384 g/mol. The Balaban J connectivity index is 1.56. The molecule has 1 heterocycles. The minimum absolute atomic E-state index is 0.125. The van der Waals surface area contributed by atoms with Gasteiger partial charge in [0, 0.05) is 23.9 Å². The summed E-state index contributed by atoms with van der Waals surface area (Å²) in [7, 11) is 0. The Kier molecular flexibility index (Phi) is 5.07. The molecule has 0 atom stereocenters. The third-order valence-electron chi connectivity index (χ3n) is 4.75. The van der Waals surface area contributed by atoms with Crippen molar-refractivity contribution in [2.45, 2.75) is 13.5 Å². The average molecular weight is 384 g/mol. The minimum atomic E-state index is -0.469. The van der Waals surface area contributed by atoms with E-state index in [9.17, 15) is 10.1 Å². The van der Waals surface area contributed by atoms with E-state index in [1.165, 1.54) is 6.20 Å². The Bertz CT molecular complexity index is 1140. The Morgan fingerprint density at radius 3 is 2.34 bits per heavy atom. The van der Waals surface area contributed by atoms with Crippen LogP contribution in [0.1, 0.15) is 11.4 Å². The first-order chi connectivity index (χ1) is 14.1. The molecule has 0 spiro atoms. The quantitative estimate of drug-likeness (QED) is 0.349. The third kappa shape index (κ3) is 4.16. The van der Waals surface area contributed by atoms with Gasteiger partial charge >= 0.3 is 5.82 Å². The van der Waals surface area contributed by atoms with E-state index in [0.717, 1.165) is 28.1 Å².